The number of Topliss-reactive ketones (excluding diaryl/α,β-unsaturated/α-hetero) is 1. The molecule has 0 bridgehead atoms. The van der Waals surface area contributed by atoms with Gasteiger partial charge in [-0.2, -0.15) is 0 Å². The molecule has 226 valence electrons. The maximum absolute atomic E-state index is 13.5. The van der Waals surface area contributed by atoms with Crippen molar-refractivity contribution in [1.82, 2.24) is 20.9 Å². The van der Waals surface area contributed by atoms with Gasteiger partial charge in [0, 0.05) is 26.5 Å². The first kappa shape index (κ1) is 34.2. The summed E-state index contributed by atoms with van der Waals surface area (Å²) < 4.78 is 5.30. The van der Waals surface area contributed by atoms with Gasteiger partial charge < -0.3 is 25.6 Å². The van der Waals surface area contributed by atoms with Crippen LogP contribution in [-0.2, 0) is 30.3 Å². The van der Waals surface area contributed by atoms with E-state index in [1.165, 1.54) is 12.0 Å². The molecule has 10 heteroatoms. The quantitative estimate of drug-likeness (QED) is 0.292. The third kappa shape index (κ3) is 9.80. The summed E-state index contributed by atoms with van der Waals surface area (Å²) >= 11 is 0. The molecule has 1 unspecified atom stereocenters. The van der Waals surface area contributed by atoms with Crippen molar-refractivity contribution in [2.45, 2.75) is 71.1 Å². The molecule has 9 nitrogen and oxygen atoms in total. The smallest absolute Gasteiger partial charge is 0.255 e. The second-order valence-corrected chi connectivity index (χ2v) is 11.4. The second-order valence-electron chi connectivity index (χ2n) is 11.4. The molecular formula is C31H45ClN4O5. The Bertz CT molecular complexity index is 1200. The fourth-order valence-corrected chi connectivity index (χ4v) is 4.75. The number of ether oxygens (including phenoxy) is 1. The highest BCUT2D eigenvalue weighted by molar-refractivity contribution is 6.01. The highest BCUT2D eigenvalue weighted by Gasteiger charge is 2.44. The molecule has 1 aliphatic rings. The van der Waals surface area contributed by atoms with Crippen molar-refractivity contribution in [3.05, 3.63) is 48.0 Å². The monoisotopic (exact) mass is 588 g/mol. The number of ketones is 1. The van der Waals surface area contributed by atoms with Crippen LogP contribution in [0, 0.1) is 5.92 Å². The molecule has 0 spiro atoms. The summed E-state index contributed by atoms with van der Waals surface area (Å²) in [5, 5.41) is 11.3. The number of amides is 3. The van der Waals surface area contributed by atoms with E-state index >= 15 is 0 Å². The molecular weight excluding hydrogens is 544 g/mol. The Kier molecular flexibility index (Phi) is 13.2. The van der Waals surface area contributed by atoms with E-state index < -0.39 is 29.5 Å². The van der Waals surface area contributed by atoms with Crippen LogP contribution in [0.5, 0.6) is 0 Å². The summed E-state index contributed by atoms with van der Waals surface area (Å²) in [5.41, 5.74) is -0.289. The number of halogens is 1. The van der Waals surface area contributed by atoms with Gasteiger partial charge in [0.05, 0.1) is 6.54 Å². The van der Waals surface area contributed by atoms with Gasteiger partial charge in [0.2, 0.25) is 11.8 Å². The summed E-state index contributed by atoms with van der Waals surface area (Å²) in [4.78, 5) is 53.4. The van der Waals surface area contributed by atoms with Gasteiger partial charge in [0.15, 0.2) is 5.78 Å². The van der Waals surface area contributed by atoms with Crippen LogP contribution in [0.25, 0.3) is 10.8 Å². The molecule has 3 rings (SSSR count). The lowest BCUT2D eigenvalue weighted by Gasteiger charge is -2.31. The Balaban J connectivity index is 0.00000588. The van der Waals surface area contributed by atoms with E-state index in [0.29, 0.717) is 12.5 Å². The minimum Gasteiger partial charge on any atom is -0.369 e. The molecule has 1 aliphatic heterocycles. The lowest BCUT2D eigenvalue weighted by molar-refractivity contribution is -0.154. The fourth-order valence-electron chi connectivity index (χ4n) is 4.75. The number of unbranched alkanes of at least 4 members (excludes halogenated alkanes) is 1. The van der Waals surface area contributed by atoms with Gasteiger partial charge >= 0.3 is 0 Å². The lowest BCUT2D eigenvalue weighted by atomic mass is 10.0. The first-order chi connectivity index (χ1) is 19.0. The summed E-state index contributed by atoms with van der Waals surface area (Å²) in [5.74, 6) is -0.883. The molecule has 0 aliphatic carbocycles. The van der Waals surface area contributed by atoms with Crippen LogP contribution in [0.1, 0.15) is 52.5 Å². The Morgan fingerprint density at radius 3 is 2.41 bits per heavy atom. The molecule has 2 aromatic rings. The zero-order chi connectivity index (χ0) is 29.3. The number of rotatable bonds is 14. The molecule has 0 aromatic heterocycles. The van der Waals surface area contributed by atoms with Crippen molar-refractivity contribution < 1.29 is 23.9 Å². The number of hydrogen-bond acceptors (Lipinski definition) is 6. The summed E-state index contributed by atoms with van der Waals surface area (Å²) in [6.07, 6.45) is 1.91. The van der Waals surface area contributed by atoms with Crippen molar-refractivity contribution >= 4 is 46.7 Å². The minimum atomic E-state index is -1.19. The summed E-state index contributed by atoms with van der Waals surface area (Å²) in [6.45, 7) is 9.68. The van der Waals surface area contributed by atoms with Crippen molar-refractivity contribution in [3.8, 4) is 0 Å². The van der Waals surface area contributed by atoms with Gasteiger partial charge in [0.25, 0.3) is 5.91 Å². The van der Waals surface area contributed by atoms with Crippen molar-refractivity contribution in [1.29, 1.82) is 0 Å². The van der Waals surface area contributed by atoms with Crippen LogP contribution in [0.4, 0.5) is 0 Å². The fraction of sp³-hybridized carbons (Fsp3) is 0.548. The van der Waals surface area contributed by atoms with Crippen LogP contribution in [0.3, 0.4) is 0 Å². The van der Waals surface area contributed by atoms with E-state index in [-0.39, 0.29) is 43.5 Å². The van der Waals surface area contributed by atoms with Gasteiger partial charge in [-0.15, -0.1) is 12.4 Å². The van der Waals surface area contributed by atoms with E-state index in [1.807, 2.05) is 42.5 Å². The molecule has 2 aromatic carbocycles. The first-order valence-electron chi connectivity index (χ1n) is 14.2. The molecule has 3 N–H and O–H groups in total. The summed E-state index contributed by atoms with van der Waals surface area (Å²) in [7, 11) is 1.41. The zero-order valence-corrected chi connectivity index (χ0v) is 25.6. The number of hydrogen-bond donors (Lipinski definition) is 3. The molecule has 3 amide bonds. The third-order valence-corrected chi connectivity index (χ3v) is 7.25. The van der Waals surface area contributed by atoms with Gasteiger partial charge in [0.1, 0.15) is 17.7 Å². The normalized spacial score (nSPS) is 16.0. The van der Waals surface area contributed by atoms with Crippen LogP contribution in [0.2, 0.25) is 0 Å². The third-order valence-electron chi connectivity index (χ3n) is 7.25. The first-order valence-corrected chi connectivity index (χ1v) is 14.2. The highest BCUT2D eigenvalue weighted by Crippen LogP contribution is 2.22. The average molecular weight is 589 g/mol. The van der Waals surface area contributed by atoms with Gasteiger partial charge in [-0.25, -0.2) is 0 Å². The van der Waals surface area contributed by atoms with Crippen molar-refractivity contribution in [2.24, 2.45) is 5.92 Å². The minimum absolute atomic E-state index is 0. The Morgan fingerprint density at radius 1 is 1.05 bits per heavy atom. The van der Waals surface area contributed by atoms with E-state index in [4.69, 9.17) is 4.74 Å². The lowest BCUT2D eigenvalue weighted by Crippen LogP contribution is -2.56. The van der Waals surface area contributed by atoms with Crippen LogP contribution >= 0.6 is 12.4 Å². The summed E-state index contributed by atoms with van der Waals surface area (Å²) in [6, 6.07) is 12.0. The maximum atomic E-state index is 13.5. The highest BCUT2D eigenvalue weighted by atomic mass is 35.5. The molecule has 1 saturated heterocycles. The van der Waals surface area contributed by atoms with Crippen LogP contribution in [0.15, 0.2) is 42.5 Å². The molecule has 1 heterocycles. The number of nitrogens with zero attached hydrogens (tertiary/aromatic N) is 1. The predicted octanol–water partition coefficient (Wildman–Crippen LogP) is 3.03. The number of carbonyl (C=O) groups is 4. The SMILES string of the molecule is COC(C)(C)C(=O)N1CC(=O)CC1C(=O)N[C@H](Cc1ccc2ccccc2c1)C(=O)NCCCCNCC(C)C.Cl. The molecule has 0 saturated carbocycles. The van der Waals surface area contributed by atoms with E-state index in [9.17, 15) is 19.2 Å². The number of fused-ring (bicyclic) bond motifs is 1. The Labute approximate surface area is 249 Å². The number of carbonyl (C=O) groups excluding carboxylic acids is 4. The van der Waals surface area contributed by atoms with Gasteiger partial charge in [-0.3, -0.25) is 19.2 Å². The number of benzene rings is 2. The largest absolute Gasteiger partial charge is 0.369 e. The van der Waals surface area contributed by atoms with Crippen molar-refractivity contribution in [3.63, 3.8) is 0 Å². The average Bonchev–Trinajstić information content (AvgIpc) is 3.32. The Hall–Kier alpha value is -3.01. The van der Waals surface area contributed by atoms with E-state index in [2.05, 4.69) is 29.8 Å². The van der Waals surface area contributed by atoms with Crippen LogP contribution in [-0.4, -0.2) is 79.4 Å². The topological polar surface area (TPSA) is 117 Å². The Morgan fingerprint density at radius 2 is 1.73 bits per heavy atom. The van der Waals surface area contributed by atoms with Crippen molar-refractivity contribution in [2.75, 3.05) is 33.3 Å². The van der Waals surface area contributed by atoms with Crippen LogP contribution < -0.4 is 16.0 Å². The van der Waals surface area contributed by atoms with E-state index in [1.54, 1.807) is 13.8 Å². The molecule has 1 fully saturated rings. The standard InChI is InChI=1S/C31H44N4O5.ClH/c1-21(2)19-32-14-8-9-15-33-28(37)26(17-22-12-13-23-10-6-7-11-24(23)16-22)34-29(38)27-18-25(36)20-35(27)30(39)31(3,4)40-5;/h6-7,10-13,16,21,26-27,32H,8-9,14-15,17-20H2,1-5H3,(H,33,37)(H,34,38);1H/t26-,27?;/m1./s1. The number of likely N-dealkylation sites (tertiary alicyclic amines) is 1. The number of nitrogens with one attached hydrogen (secondary N) is 3. The molecule has 0 radical (unpaired) electrons. The van der Waals surface area contributed by atoms with Gasteiger partial charge in [-0.1, -0.05) is 56.3 Å². The van der Waals surface area contributed by atoms with Gasteiger partial charge in [-0.05, 0) is 62.0 Å². The number of methoxy groups -OCH3 is 1. The second kappa shape index (κ2) is 15.8. The maximum Gasteiger partial charge on any atom is 0.255 e. The zero-order valence-electron chi connectivity index (χ0n) is 24.8. The van der Waals surface area contributed by atoms with E-state index in [0.717, 1.165) is 42.3 Å². The molecule has 41 heavy (non-hydrogen) atoms. The predicted molar refractivity (Wildman–Crippen MR) is 163 cm³/mol. The molecule has 2 atom stereocenters.